The monoisotopic (exact) mass is 371 g/mol. The minimum atomic E-state index is -0.362. The highest BCUT2D eigenvalue weighted by Crippen LogP contribution is 2.21. The lowest BCUT2D eigenvalue weighted by molar-refractivity contribution is 0.183. The Morgan fingerprint density at radius 2 is 0.808 bits per heavy atom. The molecule has 0 fully saturated rings. The first-order valence-corrected chi connectivity index (χ1v) is 11.7. The largest absolute Gasteiger partial charge is 0.396 e. The fourth-order valence-electron chi connectivity index (χ4n) is 3.85. The minimum Gasteiger partial charge on any atom is -0.396 e. The third kappa shape index (κ3) is 17.3. The average Bonchev–Trinajstić information content (AvgIpc) is 2.62. The molecule has 0 saturated carbocycles. The van der Waals surface area contributed by atoms with Crippen LogP contribution in [0.5, 0.6) is 0 Å². The van der Waals surface area contributed by atoms with E-state index in [-0.39, 0.29) is 18.8 Å². The first-order valence-electron chi connectivity index (χ1n) is 11.7. The van der Waals surface area contributed by atoms with Crippen LogP contribution >= 0.6 is 0 Å². The first-order chi connectivity index (χ1) is 12.7. The van der Waals surface area contributed by atoms with Crippen molar-refractivity contribution in [3.8, 4) is 0 Å². The van der Waals surface area contributed by atoms with Gasteiger partial charge in [-0.1, -0.05) is 110 Å². The van der Waals surface area contributed by atoms with Crippen molar-refractivity contribution in [3.63, 3.8) is 0 Å². The van der Waals surface area contributed by atoms with Gasteiger partial charge in [0.25, 0.3) is 0 Å². The Morgan fingerprint density at radius 3 is 1.12 bits per heavy atom. The highest BCUT2D eigenvalue weighted by molar-refractivity contribution is 4.83. The molecular formula is C23H49NO2. The molecule has 0 spiro atoms. The van der Waals surface area contributed by atoms with Crippen LogP contribution in [0.2, 0.25) is 0 Å². The lowest BCUT2D eigenvalue weighted by atomic mass is 9.87. The second-order valence-electron chi connectivity index (χ2n) is 8.36. The van der Waals surface area contributed by atoms with Crippen molar-refractivity contribution >= 4 is 0 Å². The molecule has 0 heterocycles. The number of unbranched alkanes of at least 4 members (excludes halogenated alkanes) is 15. The van der Waals surface area contributed by atoms with Crippen LogP contribution in [-0.4, -0.2) is 29.0 Å². The molecule has 0 amide bonds. The molecule has 0 aliphatic carbocycles. The van der Waals surface area contributed by atoms with Gasteiger partial charge in [-0.05, 0) is 19.3 Å². The maximum absolute atomic E-state index is 9.10. The SMILES string of the molecule is CCCCCCCCCCCCCCCCCCC(N)(CCO)CCO. The predicted octanol–water partition coefficient (Wildman–Crippen LogP) is 6.10. The Hall–Kier alpha value is -0.120. The van der Waals surface area contributed by atoms with Gasteiger partial charge in [-0.15, -0.1) is 0 Å². The van der Waals surface area contributed by atoms with E-state index >= 15 is 0 Å². The van der Waals surface area contributed by atoms with Crippen molar-refractivity contribution < 1.29 is 10.2 Å². The minimum absolute atomic E-state index is 0.120. The number of aliphatic hydroxyl groups excluding tert-OH is 2. The average molecular weight is 372 g/mol. The number of hydrogen-bond acceptors (Lipinski definition) is 3. The van der Waals surface area contributed by atoms with Gasteiger partial charge < -0.3 is 15.9 Å². The molecule has 0 rings (SSSR count). The van der Waals surface area contributed by atoms with E-state index in [1.807, 2.05) is 0 Å². The molecule has 3 nitrogen and oxygen atoms in total. The van der Waals surface area contributed by atoms with Crippen LogP contribution in [0, 0.1) is 0 Å². The van der Waals surface area contributed by atoms with Gasteiger partial charge in [0.1, 0.15) is 0 Å². The number of rotatable bonds is 21. The molecule has 0 radical (unpaired) electrons. The fraction of sp³-hybridized carbons (Fsp3) is 1.00. The van der Waals surface area contributed by atoms with E-state index in [1.165, 1.54) is 96.3 Å². The van der Waals surface area contributed by atoms with Crippen molar-refractivity contribution in [1.82, 2.24) is 0 Å². The topological polar surface area (TPSA) is 66.5 Å². The summed E-state index contributed by atoms with van der Waals surface area (Å²) in [6.07, 6.45) is 24.1. The standard InChI is InChI=1S/C23H49NO2/c1-2-3-4-5-6-7-8-9-10-11-12-13-14-15-16-17-18-23(24,19-21-25)20-22-26/h25-26H,2-22,24H2,1H3. The van der Waals surface area contributed by atoms with E-state index in [1.54, 1.807) is 0 Å². The van der Waals surface area contributed by atoms with Gasteiger partial charge in [-0.3, -0.25) is 0 Å². The van der Waals surface area contributed by atoms with Crippen LogP contribution in [0.25, 0.3) is 0 Å². The van der Waals surface area contributed by atoms with Crippen molar-refractivity contribution in [1.29, 1.82) is 0 Å². The van der Waals surface area contributed by atoms with E-state index in [0.29, 0.717) is 12.8 Å². The summed E-state index contributed by atoms with van der Waals surface area (Å²) in [5.74, 6) is 0. The molecule has 0 aliphatic rings. The lowest BCUT2D eigenvalue weighted by Crippen LogP contribution is -2.41. The summed E-state index contributed by atoms with van der Waals surface area (Å²) in [6.45, 7) is 2.52. The van der Waals surface area contributed by atoms with Crippen LogP contribution in [-0.2, 0) is 0 Å². The fourth-order valence-corrected chi connectivity index (χ4v) is 3.85. The van der Waals surface area contributed by atoms with E-state index in [4.69, 9.17) is 15.9 Å². The molecule has 0 bridgehead atoms. The van der Waals surface area contributed by atoms with Crippen LogP contribution in [0.15, 0.2) is 0 Å². The molecule has 0 atom stereocenters. The van der Waals surface area contributed by atoms with Crippen molar-refractivity contribution in [3.05, 3.63) is 0 Å². The first kappa shape index (κ1) is 25.9. The van der Waals surface area contributed by atoms with E-state index in [9.17, 15) is 0 Å². The third-order valence-corrected chi connectivity index (χ3v) is 5.75. The zero-order valence-corrected chi connectivity index (χ0v) is 17.8. The zero-order chi connectivity index (χ0) is 19.3. The van der Waals surface area contributed by atoms with Crippen molar-refractivity contribution in [2.45, 2.75) is 134 Å². The summed E-state index contributed by atoms with van der Waals surface area (Å²) in [6, 6.07) is 0. The molecule has 158 valence electrons. The molecule has 0 unspecified atom stereocenters. The molecule has 0 aliphatic heterocycles. The Bertz CT molecular complexity index is 265. The summed E-state index contributed by atoms with van der Waals surface area (Å²) in [7, 11) is 0. The van der Waals surface area contributed by atoms with E-state index < -0.39 is 0 Å². The molecular weight excluding hydrogens is 322 g/mol. The van der Waals surface area contributed by atoms with Crippen molar-refractivity contribution in [2.75, 3.05) is 13.2 Å². The molecule has 4 N–H and O–H groups in total. The summed E-state index contributed by atoms with van der Waals surface area (Å²) in [5.41, 5.74) is 5.90. The van der Waals surface area contributed by atoms with E-state index in [2.05, 4.69) is 6.92 Å². The molecule has 0 aromatic rings. The summed E-state index contributed by atoms with van der Waals surface area (Å²) < 4.78 is 0. The number of aliphatic hydroxyl groups is 2. The highest BCUT2D eigenvalue weighted by atomic mass is 16.3. The van der Waals surface area contributed by atoms with Gasteiger partial charge in [0, 0.05) is 18.8 Å². The molecule has 3 heteroatoms. The van der Waals surface area contributed by atoms with Gasteiger partial charge >= 0.3 is 0 Å². The smallest absolute Gasteiger partial charge is 0.0448 e. The van der Waals surface area contributed by atoms with Crippen molar-refractivity contribution in [2.24, 2.45) is 5.73 Å². The van der Waals surface area contributed by atoms with E-state index in [0.717, 1.165) is 12.8 Å². The second-order valence-corrected chi connectivity index (χ2v) is 8.36. The summed E-state index contributed by atoms with van der Waals surface area (Å²) in [5, 5.41) is 18.2. The van der Waals surface area contributed by atoms with Gasteiger partial charge in [0.15, 0.2) is 0 Å². The lowest BCUT2D eigenvalue weighted by Gasteiger charge is -2.28. The maximum Gasteiger partial charge on any atom is 0.0448 e. The Labute approximate surface area is 164 Å². The van der Waals surface area contributed by atoms with Crippen LogP contribution in [0.4, 0.5) is 0 Å². The number of hydrogen-bond donors (Lipinski definition) is 3. The van der Waals surface area contributed by atoms with Crippen LogP contribution < -0.4 is 5.73 Å². The number of nitrogens with two attached hydrogens (primary N) is 1. The predicted molar refractivity (Wildman–Crippen MR) is 114 cm³/mol. The van der Waals surface area contributed by atoms with Gasteiger partial charge in [0.05, 0.1) is 0 Å². The molecule has 0 saturated heterocycles. The maximum atomic E-state index is 9.10. The quantitative estimate of drug-likeness (QED) is 0.214. The molecule has 26 heavy (non-hydrogen) atoms. The normalized spacial score (nSPS) is 12.0. The second kappa shape index (κ2) is 19.6. The highest BCUT2D eigenvalue weighted by Gasteiger charge is 2.22. The van der Waals surface area contributed by atoms with Gasteiger partial charge in [-0.2, -0.15) is 0 Å². The van der Waals surface area contributed by atoms with Gasteiger partial charge in [0.2, 0.25) is 0 Å². The molecule has 0 aromatic carbocycles. The van der Waals surface area contributed by atoms with Gasteiger partial charge in [-0.25, -0.2) is 0 Å². The molecule has 0 aromatic heterocycles. The summed E-state index contributed by atoms with van der Waals surface area (Å²) >= 11 is 0. The Morgan fingerprint density at radius 1 is 0.500 bits per heavy atom. The van der Waals surface area contributed by atoms with Crippen LogP contribution in [0.3, 0.4) is 0 Å². The third-order valence-electron chi connectivity index (χ3n) is 5.75. The van der Waals surface area contributed by atoms with Crippen LogP contribution in [0.1, 0.15) is 129 Å². The summed E-state index contributed by atoms with van der Waals surface area (Å²) in [4.78, 5) is 0. The Kier molecular flexibility index (Phi) is 19.5. The Balaban J connectivity index is 3.26. The zero-order valence-electron chi connectivity index (χ0n) is 17.8.